The number of carbonyl (C=O) groups is 3. The van der Waals surface area contributed by atoms with Crippen LogP contribution in [0.5, 0.6) is 0 Å². The number of imide groups is 1. The molecule has 2 aromatic rings. The zero-order chi connectivity index (χ0) is 19.0. The van der Waals surface area contributed by atoms with Gasteiger partial charge in [0, 0.05) is 16.2 Å². The second kappa shape index (κ2) is 6.68. The molecule has 0 aliphatic carbocycles. The van der Waals surface area contributed by atoms with E-state index in [1.54, 1.807) is 24.3 Å². The molecule has 3 rings (SSSR count). The lowest BCUT2D eigenvalue weighted by Gasteiger charge is -2.21. The Bertz CT molecular complexity index is 942. The van der Waals surface area contributed by atoms with Gasteiger partial charge >= 0.3 is 0 Å². The van der Waals surface area contributed by atoms with Gasteiger partial charge in [-0.3, -0.25) is 29.4 Å². The van der Waals surface area contributed by atoms with Crippen LogP contribution in [0.3, 0.4) is 0 Å². The lowest BCUT2D eigenvalue weighted by atomic mass is 10.1. The summed E-state index contributed by atoms with van der Waals surface area (Å²) < 4.78 is 0.830. The summed E-state index contributed by atoms with van der Waals surface area (Å²) in [5, 5.41) is 13.7. The lowest BCUT2D eigenvalue weighted by molar-refractivity contribution is -0.385. The first-order chi connectivity index (χ1) is 12.3. The first kappa shape index (κ1) is 17.7. The minimum atomic E-state index is -1.13. The molecule has 1 aliphatic heterocycles. The van der Waals surface area contributed by atoms with Crippen molar-refractivity contribution in [3.63, 3.8) is 0 Å². The Kier molecular flexibility index (Phi) is 4.56. The molecule has 9 heteroatoms. The molecule has 26 heavy (non-hydrogen) atoms. The minimum absolute atomic E-state index is 0.0764. The number of nitrogens with zero attached hydrogens (tertiary/aromatic N) is 2. The molecule has 0 fully saturated rings. The van der Waals surface area contributed by atoms with Gasteiger partial charge in [-0.05, 0) is 37.3 Å². The van der Waals surface area contributed by atoms with Gasteiger partial charge in [0.15, 0.2) is 0 Å². The predicted octanol–water partition coefficient (Wildman–Crippen LogP) is 2.98. The number of anilines is 1. The van der Waals surface area contributed by atoms with Crippen molar-refractivity contribution >= 4 is 45.0 Å². The summed E-state index contributed by atoms with van der Waals surface area (Å²) in [6.07, 6.45) is 0. The quantitative estimate of drug-likeness (QED) is 0.467. The van der Waals surface area contributed by atoms with Crippen molar-refractivity contribution in [1.82, 2.24) is 4.90 Å². The van der Waals surface area contributed by atoms with Crippen LogP contribution in [0.1, 0.15) is 27.6 Å². The number of hydrogen-bond donors (Lipinski definition) is 1. The van der Waals surface area contributed by atoms with E-state index in [1.165, 1.54) is 19.1 Å². The van der Waals surface area contributed by atoms with E-state index in [4.69, 9.17) is 0 Å². The van der Waals surface area contributed by atoms with E-state index in [2.05, 4.69) is 21.2 Å². The van der Waals surface area contributed by atoms with Crippen molar-refractivity contribution in [3.05, 3.63) is 68.2 Å². The van der Waals surface area contributed by atoms with Gasteiger partial charge in [0.2, 0.25) is 5.91 Å². The molecular formula is C17H12BrN3O5. The monoisotopic (exact) mass is 417 g/mol. The highest BCUT2D eigenvalue weighted by Gasteiger charge is 2.44. The Hall–Kier alpha value is -3.07. The average molecular weight is 418 g/mol. The highest BCUT2D eigenvalue weighted by Crippen LogP contribution is 2.32. The molecule has 1 heterocycles. The smallest absolute Gasteiger partial charge is 0.282 e. The third kappa shape index (κ3) is 2.97. The zero-order valence-corrected chi connectivity index (χ0v) is 15.0. The molecule has 0 aromatic heterocycles. The number of nitrogens with one attached hydrogen (secondary N) is 1. The van der Waals surface area contributed by atoms with Gasteiger partial charge in [-0.2, -0.15) is 0 Å². The van der Waals surface area contributed by atoms with Crippen molar-refractivity contribution < 1.29 is 19.3 Å². The second-order valence-corrected chi connectivity index (χ2v) is 6.52. The number of fused-ring (bicyclic) bond motifs is 1. The molecule has 132 valence electrons. The summed E-state index contributed by atoms with van der Waals surface area (Å²) in [5.74, 6) is -2.16. The molecule has 0 unspecified atom stereocenters. The molecule has 3 amide bonds. The molecule has 0 spiro atoms. The van der Waals surface area contributed by atoms with E-state index in [1.807, 2.05) is 0 Å². The molecule has 1 aliphatic rings. The van der Waals surface area contributed by atoms with Crippen molar-refractivity contribution in [2.45, 2.75) is 13.0 Å². The molecule has 0 radical (unpaired) electrons. The van der Waals surface area contributed by atoms with Gasteiger partial charge in [0.1, 0.15) is 11.6 Å². The van der Waals surface area contributed by atoms with E-state index in [0.29, 0.717) is 5.69 Å². The van der Waals surface area contributed by atoms with Crippen molar-refractivity contribution in [2.24, 2.45) is 0 Å². The maximum Gasteiger partial charge on any atom is 0.282 e. The van der Waals surface area contributed by atoms with Crippen LogP contribution in [0.25, 0.3) is 0 Å². The average Bonchev–Trinajstić information content (AvgIpc) is 2.87. The molecule has 1 N–H and O–H groups in total. The second-order valence-electron chi connectivity index (χ2n) is 5.61. The Morgan fingerprint density at radius 2 is 1.81 bits per heavy atom. The van der Waals surface area contributed by atoms with Gasteiger partial charge in [0.05, 0.1) is 10.5 Å². The predicted molar refractivity (Wildman–Crippen MR) is 95.8 cm³/mol. The number of hydrogen-bond acceptors (Lipinski definition) is 5. The molecule has 0 saturated carbocycles. The van der Waals surface area contributed by atoms with E-state index >= 15 is 0 Å². The number of halogens is 1. The van der Waals surface area contributed by atoms with Crippen molar-refractivity contribution in [2.75, 3.05) is 5.32 Å². The summed E-state index contributed by atoms with van der Waals surface area (Å²) in [6.45, 7) is 1.39. The van der Waals surface area contributed by atoms with Crippen LogP contribution in [0.15, 0.2) is 46.9 Å². The Labute approximate surface area is 156 Å². The fourth-order valence-corrected chi connectivity index (χ4v) is 2.95. The zero-order valence-electron chi connectivity index (χ0n) is 13.4. The van der Waals surface area contributed by atoms with Crippen LogP contribution in [-0.2, 0) is 4.79 Å². The molecule has 0 saturated heterocycles. The Balaban J connectivity index is 1.87. The summed E-state index contributed by atoms with van der Waals surface area (Å²) in [6, 6.07) is 9.45. The van der Waals surface area contributed by atoms with Crippen LogP contribution >= 0.6 is 15.9 Å². The fraction of sp³-hybridized carbons (Fsp3) is 0.118. The third-order valence-corrected chi connectivity index (χ3v) is 4.53. The first-order valence-electron chi connectivity index (χ1n) is 7.53. The summed E-state index contributed by atoms with van der Waals surface area (Å²) >= 11 is 3.28. The maximum atomic E-state index is 12.6. The fourth-order valence-electron chi connectivity index (χ4n) is 2.69. The van der Waals surface area contributed by atoms with E-state index in [0.717, 1.165) is 15.4 Å². The first-order valence-corrected chi connectivity index (χ1v) is 8.32. The molecule has 8 nitrogen and oxygen atoms in total. The number of carbonyl (C=O) groups excluding carboxylic acids is 3. The molecular weight excluding hydrogens is 406 g/mol. The van der Waals surface area contributed by atoms with Gasteiger partial charge in [-0.1, -0.05) is 22.0 Å². The maximum absolute atomic E-state index is 12.6. The summed E-state index contributed by atoms with van der Waals surface area (Å²) in [7, 11) is 0. The van der Waals surface area contributed by atoms with E-state index in [-0.39, 0.29) is 11.1 Å². The van der Waals surface area contributed by atoms with Gasteiger partial charge in [0.25, 0.3) is 17.5 Å². The molecule has 1 atom stereocenters. The third-order valence-electron chi connectivity index (χ3n) is 4.00. The van der Waals surface area contributed by atoms with Crippen LogP contribution < -0.4 is 5.32 Å². The minimum Gasteiger partial charge on any atom is -0.324 e. The molecule has 0 bridgehead atoms. The van der Waals surface area contributed by atoms with Gasteiger partial charge < -0.3 is 5.32 Å². The summed E-state index contributed by atoms with van der Waals surface area (Å²) in [4.78, 5) is 48.7. The topological polar surface area (TPSA) is 110 Å². The van der Waals surface area contributed by atoms with Crippen molar-refractivity contribution in [1.29, 1.82) is 0 Å². The number of amides is 3. The van der Waals surface area contributed by atoms with E-state index < -0.39 is 34.4 Å². The van der Waals surface area contributed by atoms with Crippen LogP contribution in [0.2, 0.25) is 0 Å². The highest BCUT2D eigenvalue weighted by molar-refractivity contribution is 9.10. The number of rotatable bonds is 4. The SMILES string of the molecule is C[C@@H](C(=O)Nc1ccc(Br)cc1)N1C(=O)c2cccc([N+](=O)[O-])c2C1=O. The highest BCUT2D eigenvalue weighted by atomic mass is 79.9. The van der Waals surface area contributed by atoms with Crippen LogP contribution in [0.4, 0.5) is 11.4 Å². The standard InChI is InChI=1S/C17H12BrN3O5/c1-9(15(22)19-11-7-5-10(18)6-8-11)20-16(23)12-3-2-4-13(21(25)26)14(12)17(20)24/h2-9H,1H3,(H,19,22)/t9-/m0/s1. The lowest BCUT2D eigenvalue weighted by Crippen LogP contribution is -2.45. The van der Waals surface area contributed by atoms with Gasteiger partial charge in [-0.15, -0.1) is 0 Å². The largest absolute Gasteiger partial charge is 0.324 e. The summed E-state index contributed by atoms with van der Waals surface area (Å²) in [5.41, 5.74) is -0.324. The van der Waals surface area contributed by atoms with Gasteiger partial charge in [-0.25, -0.2) is 0 Å². The Morgan fingerprint density at radius 1 is 1.15 bits per heavy atom. The van der Waals surface area contributed by atoms with E-state index in [9.17, 15) is 24.5 Å². The van der Waals surface area contributed by atoms with Crippen LogP contribution in [0, 0.1) is 10.1 Å². The number of benzene rings is 2. The molecule has 2 aromatic carbocycles. The number of nitro benzene ring substituents is 1. The van der Waals surface area contributed by atoms with Crippen LogP contribution in [-0.4, -0.2) is 33.6 Å². The number of nitro groups is 1. The van der Waals surface area contributed by atoms with Crippen molar-refractivity contribution in [3.8, 4) is 0 Å². The Morgan fingerprint density at radius 3 is 2.42 bits per heavy atom. The normalized spacial score (nSPS) is 14.2.